The minimum atomic E-state index is -0.466. The number of nitrogens with zero attached hydrogens (tertiary/aromatic N) is 1. The fraction of sp³-hybridized carbons (Fsp3) is 0.0714. The van der Waals surface area contributed by atoms with Gasteiger partial charge in [0.2, 0.25) is 11.6 Å². The molecule has 21 heteroatoms. The van der Waals surface area contributed by atoms with Crippen LogP contribution in [0, 0.1) is 6.92 Å². The van der Waals surface area contributed by atoms with Gasteiger partial charge in [0.25, 0.3) is 0 Å². The average Bonchev–Trinajstić information content (AvgIpc) is 2.88. The number of Topliss-reactive ketones (excluding diaryl/α,β-unsaturated/α-hetero) is 2. The highest BCUT2D eigenvalue weighted by atomic mass is 33.5. The molecule has 0 aliphatic heterocycles. The van der Waals surface area contributed by atoms with Gasteiger partial charge in [-0.3, -0.25) is 14.6 Å². The topological polar surface area (TPSA) is 47.0 Å². The first-order chi connectivity index (χ1) is 17.1. The highest BCUT2D eigenvalue weighted by molar-refractivity contribution is 8.77. The Morgan fingerprint density at radius 3 is 1.54 bits per heavy atom. The Kier molecular flexibility index (Phi) is 19.3. The summed E-state index contributed by atoms with van der Waals surface area (Å²) in [7, 11) is 27.2. The number of carbonyl (C=O) groups is 2. The van der Waals surface area contributed by atoms with Gasteiger partial charge in [-0.2, -0.15) is 0 Å². The lowest BCUT2D eigenvalue weighted by Crippen LogP contribution is -2.21. The van der Waals surface area contributed by atoms with E-state index in [0.717, 1.165) is 11.1 Å². The van der Waals surface area contributed by atoms with Gasteiger partial charge >= 0.3 is 0 Å². The maximum atomic E-state index is 12.0. The highest BCUT2D eigenvalue weighted by Gasteiger charge is 2.30. The van der Waals surface area contributed by atoms with Gasteiger partial charge in [-0.1, -0.05) is 17.7 Å². The van der Waals surface area contributed by atoms with Crippen LogP contribution in [0.25, 0.3) is 11.3 Å². The molecule has 0 fully saturated rings. The molecule has 1 aliphatic rings. The van der Waals surface area contributed by atoms with Crippen molar-refractivity contribution in [1.82, 2.24) is 4.98 Å². The van der Waals surface area contributed by atoms with Crippen LogP contribution in [0.5, 0.6) is 0 Å². The zero-order valence-electron chi connectivity index (χ0n) is 16.6. The van der Waals surface area contributed by atoms with Crippen molar-refractivity contribution in [3.05, 3.63) is 53.2 Å². The molecule has 0 atom stereocenters. The predicted molar refractivity (Wildman–Crippen MR) is 196 cm³/mol. The number of rotatable bonds is 0. The van der Waals surface area contributed by atoms with Crippen LogP contribution in [0.2, 0.25) is 0 Å². The molecule has 1 aliphatic carbocycles. The van der Waals surface area contributed by atoms with Crippen molar-refractivity contribution in [2.24, 2.45) is 0 Å². The lowest BCUT2D eigenvalue weighted by Gasteiger charge is -2.16. The summed E-state index contributed by atoms with van der Waals surface area (Å²) >= 11 is 9.49. The minimum absolute atomic E-state index is 0.397. The molecule has 1 aromatic carbocycles. The number of fused-ring (bicyclic) bond motifs is 3. The van der Waals surface area contributed by atoms with Crippen LogP contribution in [0.15, 0.2) is 36.5 Å². The Labute approximate surface area is 257 Å². The number of benzene rings is 1. The Morgan fingerprint density at radius 2 is 1.06 bits per heavy atom. The smallest absolute Gasteiger partial charge is 0.235 e. The zero-order chi connectivity index (χ0) is 25.3. The summed E-state index contributed by atoms with van der Waals surface area (Å²) in [5.41, 5.74) is 3.17. The first kappa shape index (κ1) is 32.9. The quantitative estimate of drug-likeness (QED) is 0.384. The first-order valence-electron chi connectivity index (χ1n) is 8.17. The molecule has 0 amide bonds. The summed E-state index contributed by atoms with van der Waals surface area (Å²) in [5, 5.41) is 0. The number of ketones is 2. The molecule has 0 spiro atoms. The normalized spacial score (nSPS) is 10.2. The molecule has 2 aromatic rings. The summed E-state index contributed by atoms with van der Waals surface area (Å²) in [6.45, 7) is 1.89. The second-order valence-corrected chi connectivity index (χ2v) is 33.5. The lowest BCUT2D eigenvalue weighted by molar-refractivity contribution is 0.0815. The third-order valence-corrected chi connectivity index (χ3v) is 36.7. The summed E-state index contributed by atoms with van der Waals surface area (Å²) in [6.07, 6.45) is 1.63. The lowest BCUT2D eigenvalue weighted by atomic mass is 9.86. The molecule has 0 N–H and O–H groups in total. The van der Waals surface area contributed by atoms with Gasteiger partial charge < -0.3 is 0 Å². The number of aromatic nitrogens is 1. The van der Waals surface area contributed by atoms with E-state index in [4.69, 9.17) is 22.4 Å². The molecule has 190 valence electrons. The molecule has 0 saturated carbocycles. The second kappa shape index (κ2) is 20.6. The van der Waals surface area contributed by atoms with E-state index in [2.05, 4.69) is 4.98 Å². The largest absolute Gasteiger partial charge is 0.285 e. The van der Waals surface area contributed by atoms with Crippen molar-refractivity contribution >= 4 is 176 Å². The molecule has 1 aromatic heterocycles. The molecule has 0 saturated heterocycles. The van der Waals surface area contributed by atoms with Gasteiger partial charge in [0, 0.05) is 182 Å². The van der Waals surface area contributed by atoms with Gasteiger partial charge in [0.1, 0.15) is 0 Å². The van der Waals surface area contributed by atoms with Gasteiger partial charge in [0.15, 0.2) is 0 Å². The van der Waals surface area contributed by atoms with Crippen molar-refractivity contribution in [3.8, 4) is 11.3 Å². The van der Waals surface area contributed by atoms with Gasteiger partial charge in [0.05, 0.1) is 11.3 Å². The van der Waals surface area contributed by atoms with E-state index in [-0.39, 0.29) is 0 Å². The Bertz CT molecular complexity index is 1790. The van der Waals surface area contributed by atoms with E-state index in [9.17, 15) is 9.59 Å². The Balaban J connectivity index is 0.000000247. The SMILES string of the molecule is Cc1ccc2c(c1)C(=O)C(=O)c1cccnc1-2.S=S=S=S=S=S=S=S=S=S=S=S=S=S=S=S=S=S. The number of hydrogen-bond donors (Lipinski definition) is 0. The van der Waals surface area contributed by atoms with Crippen LogP contribution in [0.3, 0.4) is 0 Å². The Morgan fingerprint density at radius 1 is 0.600 bits per heavy atom. The minimum Gasteiger partial charge on any atom is -0.285 e. The average molecular weight is 800 g/mol. The fourth-order valence-corrected chi connectivity index (χ4v) is 40.7. The third kappa shape index (κ3) is 12.6. The van der Waals surface area contributed by atoms with Crippen LogP contribution in [-0.4, -0.2) is 16.6 Å². The molecular formula is C14H9NO2S18. The number of pyridine rings is 1. The van der Waals surface area contributed by atoms with Gasteiger partial charge in [-0.25, -0.2) is 0 Å². The highest BCUT2D eigenvalue weighted by Crippen LogP contribution is 2.31. The fourth-order valence-electron chi connectivity index (χ4n) is 2.26. The van der Waals surface area contributed by atoms with E-state index >= 15 is 0 Å². The molecule has 0 bridgehead atoms. The maximum Gasteiger partial charge on any atom is 0.235 e. The van der Waals surface area contributed by atoms with Crippen LogP contribution in [0.1, 0.15) is 26.3 Å². The van der Waals surface area contributed by atoms with E-state index in [1.165, 1.54) is 17.8 Å². The van der Waals surface area contributed by atoms with Crippen molar-refractivity contribution in [3.63, 3.8) is 0 Å². The number of hydrogen-bond acceptors (Lipinski definition) is 5. The molecule has 0 radical (unpaired) electrons. The van der Waals surface area contributed by atoms with E-state index in [1.54, 1.807) is 149 Å². The molecule has 3 rings (SSSR count). The van der Waals surface area contributed by atoms with Crippen molar-refractivity contribution in [2.75, 3.05) is 0 Å². The standard InChI is InChI=1S/C14H9NO2.S18/c1-8-4-5-9-11(7-8)14(17)13(16)10-3-2-6-15-12(9)10;1-3-5-7-9-11-13-15-17-18-16-14-12-10-8-6-4-2/h2-7H,1H3;. The summed E-state index contributed by atoms with van der Waals surface area (Å²) < 4.78 is 0. The first-order valence-corrected chi connectivity index (χ1v) is 30.8. The van der Waals surface area contributed by atoms with Crippen molar-refractivity contribution < 1.29 is 9.59 Å². The Hall–Kier alpha value is 1.67. The molecule has 1 heterocycles. The molecule has 35 heavy (non-hydrogen) atoms. The van der Waals surface area contributed by atoms with Crippen molar-refractivity contribution in [2.45, 2.75) is 6.92 Å². The second-order valence-electron chi connectivity index (χ2n) is 5.20. The van der Waals surface area contributed by atoms with Crippen LogP contribution >= 0.6 is 0 Å². The summed E-state index contributed by atoms with van der Waals surface area (Å²) in [4.78, 5) is 28.1. The van der Waals surface area contributed by atoms with Gasteiger partial charge in [-0.15, -0.1) is 0 Å². The molecule has 0 unspecified atom stereocenters. The summed E-state index contributed by atoms with van der Waals surface area (Å²) in [5.74, 6) is -0.907. The zero-order valence-corrected chi connectivity index (χ0v) is 31.3. The summed E-state index contributed by atoms with van der Waals surface area (Å²) in [6, 6.07) is 8.82. The number of carbonyl (C=O) groups excluding carboxylic acids is 2. The van der Waals surface area contributed by atoms with Crippen LogP contribution in [0.4, 0.5) is 0 Å². The monoisotopic (exact) mass is 799 g/mol. The van der Waals surface area contributed by atoms with E-state index < -0.39 is 11.6 Å². The van der Waals surface area contributed by atoms with Crippen molar-refractivity contribution in [1.29, 1.82) is 0 Å². The predicted octanol–water partition coefficient (Wildman–Crippen LogP) is 2.39. The van der Waals surface area contributed by atoms with Crippen LogP contribution in [-0.2, 0) is 164 Å². The van der Waals surface area contributed by atoms with Gasteiger partial charge in [-0.05, 0) is 25.1 Å². The molecular weight excluding hydrogens is 791 g/mol. The van der Waals surface area contributed by atoms with Crippen LogP contribution < -0.4 is 0 Å². The van der Waals surface area contributed by atoms with E-state index in [0.29, 0.717) is 16.8 Å². The maximum absolute atomic E-state index is 12.0. The third-order valence-electron chi connectivity index (χ3n) is 3.35. The molecule has 3 nitrogen and oxygen atoms in total. The number of aryl methyl sites for hydroxylation is 1. The van der Waals surface area contributed by atoms with E-state index in [1.807, 2.05) is 19.1 Å².